The number of carbonyl (C=O) groups is 1. The third-order valence-corrected chi connectivity index (χ3v) is 4.66. The van der Waals surface area contributed by atoms with Crippen LogP contribution < -0.4 is 14.8 Å². The SMILES string of the molecule is CC(C)Oc1ccc(C(=O)NCc2cc(-c3ccc4c(c3)CC(C)O4)on2)cc1. The van der Waals surface area contributed by atoms with E-state index in [0.717, 1.165) is 23.5 Å². The lowest BCUT2D eigenvalue weighted by Crippen LogP contribution is -2.22. The van der Waals surface area contributed by atoms with Crippen LogP contribution in [0.1, 0.15) is 42.4 Å². The highest BCUT2D eigenvalue weighted by Crippen LogP contribution is 2.33. The van der Waals surface area contributed by atoms with Gasteiger partial charge in [-0.1, -0.05) is 5.16 Å². The van der Waals surface area contributed by atoms with Gasteiger partial charge in [-0.05, 0) is 68.8 Å². The maximum Gasteiger partial charge on any atom is 0.251 e. The van der Waals surface area contributed by atoms with Gasteiger partial charge in [-0.25, -0.2) is 0 Å². The Bertz CT molecular complexity index is 1010. The molecule has 1 aromatic heterocycles. The zero-order valence-corrected chi connectivity index (χ0v) is 16.8. The van der Waals surface area contributed by atoms with Gasteiger partial charge in [0.05, 0.1) is 12.6 Å². The molecule has 3 aromatic rings. The van der Waals surface area contributed by atoms with E-state index in [1.807, 2.05) is 32.0 Å². The van der Waals surface area contributed by atoms with Gasteiger partial charge in [-0.3, -0.25) is 4.79 Å². The number of benzene rings is 2. The molecule has 0 spiro atoms. The number of rotatable bonds is 6. The number of amides is 1. The van der Waals surface area contributed by atoms with Crippen molar-refractivity contribution >= 4 is 5.91 Å². The first-order valence-corrected chi connectivity index (χ1v) is 9.78. The molecule has 1 atom stereocenters. The Balaban J connectivity index is 1.37. The number of carbonyl (C=O) groups excluding carboxylic acids is 1. The topological polar surface area (TPSA) is 73.6 Å². The highest BCUT2D eigenvalue weighted by atomic mass is 16.5. The maximum atomic E-state index is 12.4. The average Bonchev–Trinajstić information content (AvgIpc) is 3.31. The van der Waals surface area contributed by atoms with E-state index >= 15 is 0 Å². The van der Waals surface area contributed by atoms with Crippen LogP contribution in [0.5, 0.6) is 11.5 Å². The predicted octanol–water partition coefficient (Wildman–Crippen LogP) is 4.38. The molecule has 6 nitrogen and oxygen atoms in total. The number of nitrogens with zero attached hydrogens (tertiary/aromatic N) is 1. The van der Waals surface area contributed by atoms with E-state index in [1.54, 1.807) is 24.3 Å². The summed E-state index contributed by atoms with van der Waals surface area (Å²) in [5.41, 5.74) is 3.36. The van der Waals surface area contributed by atoms with E-state index < -0.39 is 0 Å². The molecule has 0 saturated carbocycles. The monoisotopic (exact) mass is 392 g/mol. The quantitative estimate of drug-likeness (QED) is 0.674. The Kier molecular flexibility index (Phi) is 5.25. The van der Waals surface area contributed by atoms with Gasteiger partial charge in [0.2, 0.25) is 0 Å². The number of hydrogen-bond donors (Lipinski definition) is 1. The van der Waals surface area contributed by atoms with E-state index in [0.29, 0.717) is 17.0 Å². The van der Waals surface area contributed by atoms with Crippen LogP contribution in [0.3, 0.4) is 0 Å². The summed E-state index contributed by atoms with van der Waals surface area (Å²) in [6.45, 7) is 6.27. The van der Waals surface area contributed by atoms with Crippen molar-refractivity contribution in [2.75, 3.05) is 0 Å². The van der Waals surface area contributed by atoms with Crippen molar-refractivity contribution in [3.8, 4) is 22.8 Å². The lowest BCUT2D eigenvalue weighted by atomic mass is 10.1. The van der Waals surface area contributed by atoms with Gasteiger partial charge >= 0.3 is 0 Å². The number of nitrogens with one attached hydrogen (secondary N) is 1. The molecular weight excluding hydrogens is 368 g/mol. The fraction of sp³-hybridized carbons (Fsp3) is 0.304. The van der Waals surface area contributed by atoms with Crippen LogP contribution in [0.15, 0.2) is 53.1 Å². The molecule has 1 aliphatic heterocycles. The molecule has 2 heterocycles. The summed E-state index contributed by atoms with van der Waals surface area (Å²) in [5.74, 6) is 2.17. The molecule has 0 aliphatic carbocycles. The Morgan fingerprint density at radius 1 is 1.21 bits per heavy atom. The van der Waals surface area contributed by atoms with Crippen molar-refractivity contribution in [3.05, 3.63) is 65.4 Å². The van der Waals surface area contributed by atoms with Crippen LogP contribution in [0.4, 0.5) is 0 Å². The Morgan fingerprint density at radius 3 is 2.76 bits per heavy atom. The van der Waals surface area contributed by atoms with Crippen molar-refractivity contribution in [3.63, 3.8) is 0 Å². The molecule has 4 rings (SSSR count). The molecule has 0 radical (unpaired) electrons. The molecule has 150 valence electrons. The first-order valence-electron chi connectivity index (χ1n) is 9.78. The fourth-order valence-electron chi connectivity index (χ4n) is 3.34. The number of hydrogen-bond acceptors (Lipinski definition) is 5. The minimum Gasteiger partial charge on any atom is -0.491 e. The minimum absolute atomic E-state index is 0.0950. The summed E-state index contributed by atoms with van der Waals surface area (Å²) in [5, 5.41) is 6.94. The smallest absolute Gasteiger partial charge is 0.251 e. The standard InChI is InChI=1S/C23H24N2O4/c1-14(2)27-20-7-4-16(5-8-20)23(26)24-13-19-12-22(29-25-19)17-6-9-21-18(11-17)10-15(3)28-21/h4-9,11-12,14-15H,10,13H2,1-3H3,(H,24,26). The maximum absolute atomic E-state index is 12.4. The molecule has 1 unspecified atom stereocenters. The van der Waals surface area contributed by atoms with Crippen molar-refractivity contribution in [2.45, 2.75) is 45.9 Å². The van der Waals surface area contributed by atoms with E-state index in [-0.39, 0.29) is 24.7 Å². The van der Waals surface area contributed by atoms with Crippen LogP contribution in [-0.2, 0) is 13.0 Å². The first-order chi connectivity index (χ1) is 14.0. The normalized spacial score (nSPS) is 15.1. The van der Waals surface area contributed by atoms with Crippen molar-refractivity contribution < 1.29 is 18.8 Å². The zero-order chi connectivity index (χ0) is 20.4. The molecule has 0 saturated heterocycles. The van der Waals surface area contributed by atoms with Crippen LogP contribution in [-0.4, -0.2) is 23.3 Å². The molecule has 1 N–H and O–H groups in total. The van der Waals surface area contributed by atoms with Crippen molar-refractivity contribution in [2.24, 2.45) is 0 Å². The summed E-state index contributed by atoms with van der Waals surface area (Å²) in [6, 6.07) is 14.9. The largest absolute Gasteiger partial charge is 0.491 e. The van der Waals surface area contributed by atoms with E-state index in [9.17, 15) is 4.79 Å². The summed E-state index contributed by atoms with van der Waals surface area (Å²) in [6.07, 6.45) is 1.19. The summed E-state index contributed by atoms with van der Waals surface area (Å²) >= 11 is 0. The molecule has 1 aliphatic rings. The fourth-order valence-corrected chi connectivity index (χ4v) is 3.34. The number of ether oxygens (including phenoxy) is 2. The van der Waals surface area contributed by atoms with Gasteiger partial charge in [-0.2, -0.15) is 0 Å². The molecule has 6 heteroatoms. The van der Waals surface area contributed by atoms with Gasteiger partial charge in [0, 0.05) is 23.6 Å². The Labute approximate surface area is 169 Å². The summed E-state index contributed by atoms with van der Waals surface area (Å²) in [7, 11) is 0. The predicted molar refractivity (Wildman–Crippen MR) is 109 cm³/mol. The average molecular weight is 392 g/mol. The van der Waals surface area contributed by atoms with Crippen LogP contribution in [0.2, 0.25) is 0 Å². The van der Waals surface area contributed by atoms with E-state index in [1.165, 1.54) is 5.56 Å². The van der Waals surface area contributed by atoms with Crippen LogP contribution >= 0.6 is 0 Å². The third kappa shape index (κ3) is 4.42. The van der Waals surface area contributed by atoms with E-state index in [2.05, 4.69) is 23.5 Å². The summed E-state index contributed by atoms with van der Waals surface area (Å²) in [4.78, 5) is 12.4. The van der Waals surface area contributed by atoms with E-state index in [4.69, 9.17) is 14.0 Å². The van der Waals surface area contributed by atoms with Crippen molar-refractivity contribution in [1.82, 2.24) is 10.5 Å². The number of fused-ring (bicyclic) bond motifs is 1. The zero-order valence-electron chi connectivity index (χ0n) is 16.8. The first kappa shape index (κ1) is 19.1. The van der Waals surface area contributed by atoms with Gasteiger partial charge in [0.1, 0.15) is 23.3 Å². The molecule has 2 aromatic carbocycles. The van der Waals surface area contributed by atoms with Crippen molar-refractivity contribution in [1.29, 1.82) is 0 Å². The van der Waals surface area contributed by atoms with Gasteiger partial charge in [-0.15, -0.1) is 0 Å². The second-order valence-electron chi connectivity index (χ2n) is 7.51. The van der Waals surface area contributed by atoms with Gasteiger partial charge in [0.15, 0.2) is 5.76 Å². The van der Waals surface area contributed by atoms with Crippen LogP contribution in [0.25, 0.3) is 11.3 Å². The molecular formula is C23H24N2O4. The lowest BCUT2D eigenvalue weighted by Gasteiger charge is -2.10. The minimum atomic E-state index is -0.172. The molecule has 0 fully saturated rings. The lowest BCUT2D eigenvalue weighted by molar-refractivity contribution is 0.0950. The van der Waals surface area contributed by atoms with Gasteiger partial charge < -0.3 is 19.3 Å². The van der Waals surface area contributed by atoms with Crippen LogP contribution in [0, 0.1) is 0 Å². The van der Waals surface area contributed by atoms with Gasteiger partial charge in [0.25, 0.3) is 5.91 Å². The Hall–Kier alpha value is -3.28. The molecule has 1 amide bonds. The highest BCUT2D eigenvalue weighted by Gasteiger charge is 2.20. The summed E-state index contributed by atoms with van der Waals surface area (Å²) < 4.78 is 16.8. The number of aromatic nitrogens is 1. The Morgan fingerprint density at radius 2 is 2.00 bits per heavy atom. The third-order valence-electron chi connectivity index (χ3n) is 4.66. The second-order valence-corrected chi connectivity index (χ2v) is 7.51. The molecule has 0 bridgehead atoms. The highest BCUT2D eigenvalue weighted by molar-refractivity contribution is 5.94. The molecule has 29 heavy (non-hydrogen) atoms. The second kappa shape index (κ2) is 7.99.